The van der Waals surface area contributed by atoms with E-state index < -0.39 is 35.2 Å². The SMILES string of the molecule is O=C(O)C1CCC2N(C1)C(=O)C1(CC1)C2(F)F. The van der Waals surface area contributed by atoms with Gasteiger partial charge in [-0.25, -0.2) is 8.78 Å². The van der Waals surface area contributed by atoms with Gasteiger partial charge in [-0.15, -0.1) is 0 Å². The Morgan fingerprint density at radius 3 is 2.53 bits per heavy atom. The zero-order valence-electron chi connectivity index (χ0n) is 9.16. The number of amides is 1. The lowest BCUT2D eigenvalue weighted by Gasteiger charge is -2.34. The quantitative estimate of drug-likeness (QED) is 0.752. The van der Waals surface area contributed by atoms with Crippen LogP contribution in [-0.2, 0) is 9.59 Å². The van der Waals surface area contributed by atoms with E-state index in [-0.39, 0.29) is 32.2 Å². The summed E-state index contributed by atoms with van der Waals surface area (Å²) in [5.41, 5.74) is -1.48. The van der Waals surface area contributed by atoms with Crippen LogP contribution in [0, 0.1) is 11.3 Å². The average molecular weight is 245 g/mol. The molecular formula is C11H13F2NO3. The van der Waals surface area contributed by atoms with Gasteiger partial charge in [0.05, 0.1) is 12.0 Å². The maximum atomic E-state index is 14.1. The molecule has 2 atom stereocenters. The monoisotopic (exact) mass is 245 g/mol. The van der Waals surface area contributed by atoms with Gasteiger partial charge in [-0.05, 0) is 25.7 Å². The van der Waals surface area contributed by atoms with E-state index in [2.05, 4.69) is 0 Å². The molecule has 1 amide bonds. The number of piperidine rings is 1. The van der Waals surface area contributed by atoms with Gasteiger partial charge in [-0.3, -0.25) is 9.59 Å². The average Bonchev–Trinajstić information content (AvgIpc) is 3.05. The molecular weight excluding hydrogens is 232 g/mol. The number of rotatable bonds is 1. The van der Waals surface area contributed by atoms with E-state index in [1.165, 1.54) is 0 Å². The van der Waals surface area contributed by atoms with Crippen LogP contribution in [-0.4, -0.2) is 40.4 Å². The van der Waals surface area contributed by atoms with Gasteiger partial charge >= 0.3 is 5.97 Å². The maximum Gasteiger partial charge on any atom is 0.308 e. The first-order valence-corrected chi connectivity index (χ1v) is 5.82. The smallest absolute Gasteiger partial charge is 0.308 e. The van der Waals surface area contributed by atoms with Crippen molar-refractivity contribution in [1.82, 2.24) is 4.90 Å². The van der Waals surface area contributed by atoms with Crippen LogP contribution in [0.3, 0.4) is 0 Å². The third kappa shape index (κ3) is 1.16. The second kappa shape index (κ2) is 2.97. The number of carbonyl (C=O) groups is 2. The number of alkyl halides is 2. The molecule has 4 nitrogen and oxygen atoms in total. The van der Waals surface area contributed by atoms with E-state index >= 15 is 0 Å². The van der Waals surface area contributed by atoms with Crippen LogP contribution >= 0.6 is 0 Å². The number of carboxylic acids is 1. The highest BCUT2D eigenvalue weighted by Gasteiger charge is 2.77. The summed E-state index contributed by atoms with van der Waals surface area (Å²) in [4.78, 5) is 23.9. The molecule has 94 valence electrons. The Morgan fingerprint density at radius 1 is 1.35 bits per heavy atom. The van der Waals surface area contributed by atoms with Crippen LogP contribution in [0.15, 0.2) is 0 Å². The predicted octanol–water partition coefficient (Wildman–Crippen LogP) is 1.11. The predicted molar refractivity (Wildman–Crippen MR) is 52.5 cm³/mol. The molecule has 0 aromatic carbocycles. The topological polar surface area (TPSA) is 57.6 Å². The van der Waals surface area contributed by atoms with Crippen molar-refractivity contribution in [2.45, 2.75) is 37.6 Å². The molecule has 2 aliphatic heterocycles. The van der Waals surface area contributed by atoms with Gasteiger partial charge in [-0.1, -0.05) is 0 Å². The van der Waals surface area contributed by atoms with Gasteiger partial charge in [0.25, 0.3) is 5.92 Å². The summed E-state index contributed by atoms with van der Waals surface area (Å²) in [7, 11) is 0. The Kier molecular flexibility index (Phi) is 1.91. The van der Waals surface area contributed by atoms with Gasteiger partial charge in [-0.2, -0.15) is 0 Å². The third-order valence-corrected chi connectivity index (χ3v) is 4.41. The summed E-state index contributed by atoms with van der Waals surface area (Å²) in [6.07, 6.45) is 0.806. The van der Waals surface area contributed by atoms with E-state index in [0.29, 0.717) is 0 Å². The zero-order valence-corrected chi connectivity index (χ0v) is 9.16. The Balaban J connectivity index is 1.91. The first-order chi connectivity index (χ1) is 7.90. The van der Waals surface area contributed by atoms with Gasteiger partial charge in [0.2, 0.25) is 5.91 Å². The van der Waals surface area contributed by atoms with Crippen molar-refractivity contribution in [3.8, 4) is 0 Å². The minimum atomic E-state index is -2.98. The molecule has 1 spiro atoms. The molecule has 0 aromatic heterocycles. The summed E-state index contributed by atoms with van der Waals surface area (Å²) in [6.45, 7) is -0.0594. The minimum absolute atomic E-state index is 0.0594. The molecule has 1 aliphatic carbocycles. The van der Waals surface area contributed by atoms with E-state index in [1.807, 2.05) is 0 Å². The van der Waals surface area contributed by atoms with Gasteiger partial charge < -0.3 is 10.0 Å². The molecule has 3 aliphatic rings. The van der Waals surface area contributed by atoms with Crippen LogP contribution in [0.4, 0.5) is 8.78 Å². The molecule has 3 fully saturated rings. The molecule has 2 unspecified atom stereocenters. The molecule has 2 saturated heterocycles. The number of fused-ring (bicyclic) bond motifs is 1. The molecule has 0 aromatic rings. The van der Waals surface area contributed by atoms with Crippen molar-refractivity contribution >= 4 is 11.9 Å². The highest BCUT2D eigenvalue weighted by molar-refractivity contribution is 5.90. The molecule has 3 rings (SSSR count). The van der Waals surface area contributed by atoms with Crippen molar-refractivity contribution in [3.63, 3.8) is 0 Å². The van der Waals surface area contributed by atoms with Crippen LogP contribution in [0.25, 0.3) is 0 Å². The van der Waals surface area contributed by atoms with Crippen molar-refractivity contribution in [1.29, 1.82) is 0 Å². The number of hydrogen-bond acceptors (Lipinski definition) is 2. The Hall–Kier alpha value is -1.20. The van der Waals surface area contributed by atoms with E-state index in [1.54, 1.807) is 0 Å². The lowest BCUT2D eigenvalue weighted by molar-refractivity contribution is -0.147. The molecule has 1 N–H and O–H groups in total. The minimum Gasteiger partial charge on any atom is -0.481 e. The first kappa shape index (κ1) is 10.9. The summed E-state index contributed by atoms with van der Waals surface area (Å²) < 4.78 is 28.2. The van der Waals surface area contributed by atoms with Gasteiger partial charge in [0.15, 0.2) is 0 Å². The van der Waals surface area contributed by atoms with Crippen LogP contribution in [0.5, 0.6) is 0 Å². The van der Waals surface area contributed by atoms with Gasteiger partial charge in [0, 0.05) is 6.54 Å². The second-order valence-electron chi connectivity index (χ2n) is 5.29. The largest absolute Gasteiger partial charge is 0.481 e. The van der Waals surface area contributed by atoms with E-state index in [9.17, 15) is 18.4 Å². The number of carboxylic acid groups (broad SMARTS) is 1. The fourth-order valence-corrected chi connectivity index (χ4v) is 3.18. The second-order valence-corrected chi connectivity index (χ2v) is 5.29. The summed E-state index contributed by atoms with van der Waals surface area (Å²) in [5.74, 6) is -5.21. The van der Waals surface area contributed by atoms with Crippen LogP contribution in [0.1, 0.15) is 25.7 Å². The molecule has 0 radical (unpaired) electrons. The van der Waals surface area contributed by atoms with Crippen LogP contribution in [0.2, 0.25) is 0 Å². The highest BCUT2D eigenvalue weighted by Crippen LogP contribution is 2.65. The highest BCUT2D eigenvalue weighted by atomic mass is 19.3. The molecule has 0 bridgehead atoms. The number of halogens is 2. The van der Waals surface area contributed by atoms with Crippen molar-refractivity contribution in [3.05, 3.63) is 0 Å². The lowest BCUT2D eigenvalue weighted by atomic mass is 9.89. The van der Waals surface area contributed by atoms with Gasteiger partial charge in [0.1, 0.15) is 5.41 Å². The molecule has 17 heavy (non-hydrogen) atoms. The Labute approximate surface area is 96.6 Å². The number of carbonyl (C=O) groups excluding carboxylic acids is 1. The number of aliphatic carboxylic acids is 1. The van der Waals surface area contributed by atoms with Crippen molar-refractivity contribution < 1.29 is 23.5 Å². The fourth-order valence-electron chi connectivity index (χ4n) is 3.18. The molecule has 2 heterocycles. The normalized spacial score (nSPS) is 37.1. The summed E-state index contributed by atoms with van der Waals surface area (Å²) >= 11 is 0. The molecule has 1 saturated carbocycles. The summed E-state index contributed by atoms with van der Waals surface area (Å²) in [5, 5.41) is 8.89. The fraction of sp³-hybridized carbons (Fsp3) is 0.818. The summed E-state index contributed by atoms with van der Waals surface area (Å²) in [6, 6.07) is -1.08. The Bertz CT molecular complexity index is 406. The zero-order chi connectivity index (χ0) is 12.4. The standard InChI is InChI=1S/C11H13F2NO3/c12-11(13)7-2-1-6(8(15)16)5-14(7)9(17)10(11)3-4-10/h6-7H,1-5H2,(H,15,16). The lowest BCUT2D eigenvalue weighted by Crippen LogP contribution is -2.48. The van der Waals surface area contributed by atoms with E-state index in [4.69, 9.17) is 5.11 Å². The first-order valence-electron chi connectivity index (χ1n) is 5.82. The number of nitrogens with zero attached hydrogens (tertiary/aromatic N) is 1. The van der Waals surface area contributed by atoms with Crippen molar-refractivity contribution in [2.75, 3.05) is 6.54 Å². The van der Waals surface area contributed by atoms with E-state index in [0.717, 1.165) is 4.90 Å². The Morgan fingerprint density at radius 2 is 2.00 bits per heavy atom. The maximum absolute atomic E-state index is 14.1. The number of hydrogen-bond donors (Lipinski definition) is 1. The van der Waals surface area contributed by atoms with Crippen LogP contribution < -0.4 is 0 Å². The third-order valence-electron chi connectivity index (χ3n) is 4.41. The van der Waals surface area contributed by atoms with Crippen molar-refractivity contribution in [2.24, 2.45) is 11.3 Å². The molecule has 6 heteroatoms.